The third-order valence-electron chi connectivity index (χ3n) is 8.83. The Bertz CT molecular complexity index is 1540. The Morgan fingerprint density at radius 3 is 2.32 bits per heavy atom. The van der Waals surface area contributed by atoms with Crippen molar-refractivity contribution in [3.05, 3.63) is 53.1 Å². The molecule has 5 rings (SSSR count). The van der Waals surface area contributed by atoms with Gasteiger partial charge in [-0.25, -0.2) is 5.01 Å². The SMILES string of the molecule is CCC1(CC)C(=O)Nc2ccc(/C=N/N(CC(C)C)C3=NS(=O)(=O)c4cc(B5OC(C)(C)C(C)(C)O5)ccc43)cc21. The lowest BCUT2D eigenvalue weighted by molar-refractivity contribution is -0.121. The molecule has 0 bridgehead atoms. The third-order valence-corrected chi connectivity index (χ3v) is 10.1. The number of nitrogens with one attached hydrogen (secondary N) is 1. The Morgan fingerprint density at radius 2 is 1.71 bits per heavy atom. The zero-order valence-corrected chi connectivity index (χ0v) is 25.9. The molecule has 1 amide bonds. The molecule has 0 unspecified atom stereocenters. The Kier molecular flexibility index (Phi) is 7.24. The highest BCUT2D eigenvalue weighted by molar-refractivity contribution is 7.90. The number of carbonyl (C=O) groups is 1. The summed E-state index contributed by atoms with van der Waals surface area (Å²) in [6.45, 7) is 16.4. The van der Waals surface area contributed by atoms with E-state index in [0.717, 1.165) is 16.8 Å². The molecular formula is C30H39BN4O5S. The summed E-state index contributed by atoms with van der Waals surface area (Å²) < 4.78 is 43.0. The van der Waals surface area contributed by atoms with E-state index in [0.29, 0.717) is 30.4 Å². The Hall–Kier alpha value is -3.02. The van der Waals surface area contributed by atoms with Crippen LogP contribution in [0.4, 0.5) is 5.69 Å². The van der Waals surface area contributed by atoms with Crippen molar-refractivity contribution in [2.24, 2.45) is 15.4 Å². The predicted molar refractivity (Wildman–Crippen MR) is 162 cm³/mol. The predicted octanol–water partition coefficient (Wildman–Crippen LogP) is 4.44. The zero-order chi connectivity index (χ0) is 30.0. The van der Waals surface area contributed by atoms with Gasteiger partial charge < -0.3 is 14.6 Å². The van der Waals surface area contributed by atoms with Crippen molar-refractivity contribution in [1.29, 1.82) is 0 Å². The van der Waals surface area contributed by atoms with Gasteiger partial charge in [0.1, 0.15) is 4.90 Å². The molecule has 1 N–H and O–H groups in total. The van der Waals surface area contributed by atoms with Gasteiger partial charge in [-0.2, -0.15) is 13.5 Å². The normalized spacial score (nSPS) is 21.2. The van der Waals surface area contributed by atoms with Crippen molar-refractivity contribution in [2.75, 3.05) is 11.9 Å². The van der Waals surface area contributed by atoms with E-state index >= 15 is 0 Å². The summed E-state index contributed by atoms with van der Waals surface area (Å²) in [7, 11) is -4.64. The van der Waals surface area contributed by atoms with Gasteiger partial charge in [-0.05, 0) is 81.2 Å². The van der Waals surface area contributed by atoms with E-state index in [1.165, 1.54) is 0 Å². The lowest BCUT2D eigenvalue weighted by atomic mass is 9.76. The monoisotopic (exact) mass is 578 g/mol. The number of sulfonamides is 1. The van der Waals surface area contributed by atoms with Crippen molar-refractivity contribution < 1.29 is 22.5 Å². The van der Waals surface area contributed by atoms with Crippen molar-refractivity contribution >= 4 is 46.2 Å². The first kappa shape index (κ1) is 29.5. The molecule has 0 spiro atoms. The minimum absolute atomic E-state index is 0.0232. The first-order chi connectivity index (χ1) is 19.1. The quantitative estimate of drug-likeness (QED) is 0.296. The van der Waals surface area contributed by atoms with Gasteiger partial charge in [0.2, 0.25) is 5.91 Å². The third kappa shape index (κ3) is 4.91. The average molecular weight is 579 g/mol. The fourth-order valence-electron chi connectivity index (χ4n) is 5.60. The van der Waals surface area contributed by atoms with Gasteiger partial charge in [0, 0.05) is 17.8 Å². The molecular weight excluding hydrogens is 539 g/mol. The average Bonchev–Trinajstić information content (AvgIpc) is 3.43. The van der Waals surface area contributed by atoms with E-state index in [2.05, 4.69) is 9.71 Å². The Balaban J connectivity index is 1.48. The van der Waals surface area contributed by atoms with Crippen LogP contribution in [0.3, 0.4) is 0 Å². The summed E-state index contributed by atoms with van der Waals surface area (Å²) in [5.74, 6) is 0.482. The second-order valence-electron chi connectivity index (χ2n) is 12.5. The number of rotatable bonds is 7. The van der Waals surface area contributed by atoms with Crippen LogP contribution in [-0.4, -0.2) is 56.2 Å². The van der Waals surface area contributed by atoms with Crippen LogP contribution in [0, 0.1) is 5.92 Å². The summed E-state index contributed by atoms with van der Waals surface area (Å²) >= 11 is 0. The molecule has 2 aromatic rings. The Morgan fingerprint density at radius 1 is 1.05 bits per heavy atom. The van der Waals surface area contributed by atoms with Gasteiger partial charge in [-0.3, -0.25) is 4.79 Å². The molecule has 3 aliphatic heterocycles. The minimum Gasteiger partial charge on any atom is -0.399 e. The van der Waals surface area contributed by atoms with Crippen molar-refractivity contribution in [3.63, 3.8) is 0 Å². The molecule has 0 saturated carbocycles. The van der Waals surface area contributed by atoms with E-state index < -0.39 is 33.8 Å². The van der Waals surface area contributed by atoms with Crippen molar-refractivity contribution in [3.8, 4) is 0 Å². The maximum atomic E-state index is 13.3. The van der Waals surface area contributed by atoms with Crippen LogP contribution in [0.1, 0.15) is 84.9 Å². The van der Waals surface area contributed by atoms with E-state index in [9.17, 15) is 13.2 Å². The lowest BCUT2D eigenvalue weighted by Crippen LogP contribution is -2.41. The molecule has 1 fully saturated rings. The number of carbonyl (C=O) groups excluding carboxylic acids is 1. The molecule has 41 heavy (non-hydrogen) atoms. The highest BCUT2D eigenvalue weighted by Gasteiger charge is 2.52. The fourth-order valence-corrected chi connectivity index (χ4v) is 6.84. The van der Waals surface area contributed by atoms with Gasteiger partial charge >= 0.3 is 7.12 Å². The topological polar surface area (TPSA) is 110 Å². The van der Waals surface area contributed by atoms with Crippen molar-refractivity contribution in [1.82, 2.24) is 5.01 Å². The van der Waals surface area contributed by atoms with Crippen LogP contribution >= 0.6 is 0 Å². The summed E-state index contributed by atoms with van der Waals surface area (Å²) in [6, 6.07) is 11.0. The number of amidine groups is 1. The van der Waals surface area contributed by atoms with Crippen LogP contribution in [-0.2, 0) is 29.5 Å². The number of nitrogens with zero attached hydrogens (tertiary/aromatic N) is 3. The maximum Gasteiger partial charge on any atom is 0.494 e. The molecule has 0 atom stereocenters. The number of hydrazone groups is 1. The zero-order valence-electron chi connectivity index (χ0n) is 25.1. The summed E-state index contributed by atoms with van der Waals surface area (Å²) in [6.07, 6.45) is 3.09. The van der Waals surface area contributed by atoms with Crippen LogP contribution in [0.5, 0.6) is 0 Å². The largest absolute Gasteiger partial charge is 0.494 e. The smallest absolute Gasteiger partial charge is 0.399 e. The first-order valence-electron chi connectivity index (χ1n) is 14.3. The molecule has 3 aliphatic rings. The molecule has 2 aromatic carbocycles. The van der Waals surface area contributed by atoms with Gasteiger partial charge in [-0.1, -0.05) is 45.9 Å². The van der Waals surface area contributed by atoms with E-state index in [1.807, 2.05) is 79.7 Å². The van der Waals surface area contributed by atoms with Crippen LogP contribution < -0.4 is 10.8 Å². The molecule has 0 radical (unpaired) electrons. The summed E-state index contributed by atoms with van der Waals surface area (Å²) in [5.41, 5.74) is 2.07. The molecule has 0 aromatic heterocycles. The van der Waals surface area contributed by atoms with Gasteiger partial charge in [0.15, 0.2) is 5.84 Å². The van der Waals surface area contributed by atoms with Crippen molar-refractivity contribution in [2.45, 2.75) is 89.7 Å². The summed E-state index contributed by atoms with van der Waals surface area (Å²) in [5, 5.41) is 9.37. The van der Waals surface area contributed by atoms with Gasteiger partial charge in [0.25, 0.3) is 10.0 Å². The highest BCUT2D eigenvalue weighted by Crippen LogP contribution is 2.43. The summed E-state index contributed by atoms with van der Waals surface area (Å²) in [4.78, 5) is 12.9. The maximum absolute atomic E-state index is 13.3. The number of benzene rings is 2. The molecule has 218 valence electrons. The van der Waals surface area contributed by atoms with E-state index in [4.69, 9.17) is 14.4 Å². The number of fused-ring (bicyclic) bond motifs is 2. The molecule has 0 aliphatic carbocycles. The van der Waals surface area contributed by atoms with Crippen LogP contribution in [0.2, 0.25) is 0 Å². The van der Waals surface area contributed by atoms with Gasteiger partial charge in [-0.15, -0.1) is 4.40 Å². The second kappa shape index (κ2) is 10.1. The van der Waals surface area contributed by atoms with E-state index in [1.54, 1.807) is 23.4 Å². The lowest BCUT2D eigenvalue weighted by Gasteiger charge is -2.32. The highest BCUT2D eigenvalue weighted by atomic mass is 32.2. The number of amides is 1. The van der Waals surface area contributed by atoms with Crippen LogP contribution in [0.25, 0.3) is 0 Å². The molecule has 3 heterocycles. The fraction of sp³-hybridized carbons (Fsp3) is 0.500. The number of hydrogen-bond donors (Lipinski definition) is 1. The van der Waals surface area contributed by atoms with E-state index in [-0.39, 0.29) is 22.6 Å². The number of hydrogen-bond acceptors (Lipinski definition) is 7. The first-order valence-corrected chi connectivity index (χ1v) is 15.7. The Labute approximate surface area is 243 Å². The standard InChI is InChI=1S/C30H39BN4O5S/c1-9-30(10-2)23-15-20(11-14-24(23)33-27(30)36)17-32-35(18-19(3)4)26-22-13-12-21(16-25(22)41(37,38)34-26)31-39-28(5,6)29(7,8)40-31/h11-17,19H,9-10,18H2,1-8H3,(H,33,36)/b32-17+. The molecule has 1 saturated heterocycles. The van der Waals surface area contributed by atoms with Gasteiger partial charge in [0.05, 0.1) is 22.8 Å². The molecule has 9 nitrogen and oxygen atoms in total. The van der Waals surface area contributed by atoms with Crippen LogP contribution in [0.15, 0.2) is 50.8 Å². The molecule has 11 heteroatoms. The number of anilines is 1. The minimum atomic E-state index is -3.95. The second-order valence-corrected chi connectivity index (χ2v) is 14.1.